The summed E-state index contributed by atoms with van der Waals surface area (Å²) < 4.78 is 0. The number of likely N-dealkylation sites (N-methyl/N-ethyl adjacent to an activating group) is 1. The minimum absolute atomic E-state index is 0.214. The van der Waals surface area contributed by atoms with Crippen LogP contribution in [0.5, 0.6) is 0 Å². The van der Waals surface area contributed by atoms with Gasteiger partial charge in [0, 0.05) is 6.54 Å². The molecule has 1 aliphatic carbocycles. The summed E-state index contributed by atoms with van der Waals surface area (Å²) in [5, 5.41) is 3.02. The summed E-state index contributed by atoms with van der Waals surface area (Å²) in [6, 6.07) is 10.3. The van der Waals surface area contributed by atoms with E-state index in [4.69, 9.17) is 0 Å². The van der Waals surface area contributed by atoms with Crippen molar-refractivity contribution in [2.24, 2.45) is 0 Å². The number of carbonyl (C=O) groups is 1. The molecule has 0 atom stereocenters. The second-order valence-electron chi connectivity index (χ2n) is 4.87. The Hall–Kier alpha value is -1.31. The van der Waals surface area contributed by atoms with Gasteiger partial charge in [-0.05, 0) is 25.3 Å². The van der Waals surface area contributed by atoms with Crippen LogP contribution >= 0.6 is 0 Å². The molecule has 1 N–H and O–H groups in total. The van der Waals surface area contributed by atoms with E-state index >= 15 is 0 Å². The lowest BCUT2D eigenvalue weighted by Gasteiger charge is -2.36. The third kappa shape index (κ3) is 2.36. The van der Waals surface area contributed by atoms with Gasteiger partial charge in [-0.3, -0.25) is 4.79 Å². The van der Waals surface area contributed by atoms with Crippen molar-refractivity contribution in [3.05, 3.63) is 35.9 Å². The maximum Gasteiger partial charge on any atom is 0.230 e. The van der Waals surface area contributed by atoms with E-state index in [0.29, 0.717) is 6.54 Å². The smallest absolute Gasteiger partial charge is 0.230 e. The van der Waals surface area contributed by atoms with E-state index in [9.17, 15) is 4.79 Å². The predicted octanol–water partition coefficient (Wildman–Crippen LogP) is 3.02. The maximum atomic E-state index is 12.4. The molecule has 1 saturated carbocycles. The second kappa shape index (κ2) is 5.35. The molecular weight excluding hydrogens is 210 g/mol. The Bertz CT molecular complexity index is 366. The molecular formula is C15H21NO. The average molecular weight is 231 g/mol. The summed E-state index contributed by atoms with van der Waals surface area (Å²) in [6.45, 7) is 2.70. The third-order valence-corrected chi connectivity index (χ3v) is 3.81. The molecule has 0 unspecified atom stereocenters. The highest BCUT2D eigenvalue weighted by Crippen LogP contribution is 2.39. The summed E-state index contributed by atoms with van der Waals surface area (Å²) in [7, 11) is 0. The monoisotopic (exact) mass is 231 g/mol. The van der Waals surface area contributed by atoms with Gasteiger partial charge < -0.3 is 5.32 Å². The second-order valence-corrected chi connectivity index (χ2v) is 4.87. The molecule has 0 aromatic heterocycles. The molecule has 2 nitrogen and oxygen atoms in total. The summed E-state index contributed by atoms with van der Waals surface area (Å²) in [4.78, 5) is 12.4. The van der Waals surface area contributed by atoms with Crippen molar-refractivity contribution < 1.29 is 4.79 Å². The van der Waals surface area contributed by atoms with Crippen molar-refractivity contribution in [3.8, 4) is 0 Å². The summed E-state index contributed by atoms with van der Waals surface area (Å²) in [6.07, 6.45) is 5.55. The molecule has 0 spiro atoms. The van der Waals surface area contributed by atoms with Gasteiger partial charge in [0.05, 0.1) is 5.41 Å². The zero-order valence-corrected chi connectivity index (χ0v) is 10.5. The van der Waals surface area contributed by atoms with Gasteiger partial charge in [0.25, 0.3) is 0 Å². The molecule has 0 radical (unpaired) electrons. The highest BCUT2D eigenvalue weighted by Gasteiger charge is 2.40. The Labute approximate surface area is 103 Å². The quantitative estimate of drug-likeness (QED) is 0.851. The van der Waals surface area contributed by atoms with E-state index in [0.717, 1.165) is 25.7 Å². The van der Waals surface area contributed by atoms with Crippen LogP contribution in [0.4, 0.5) is 0 Å². The lowest BCUT2D eigenvalue weighted by molar-refractivity contribution is -0.127. The molecule has 1 aromatic rings. The maximum absolute atomic E-state index is 12.4. The lowest BCUT2D eigenvalue weighted by Crippen LogP contribution is -2.45. The van der Waals surface area contributed by atoms with Gasteiger partial charge in [0.1, 0.15) is 0 Å². The Kier molecular flexibility index (Phi) is 3.82. The first-order valence-corrected chi connectivity index (χ1v) is 6.63. The van der Waals surface area contributed by atoms with Crippen LogP contribution in [0.1, 0.15) is 44.6 Å². The van der Waals surface area contributed by atoms with Gasteiger partial charge in [-0.15, -0.1) is 0 Å². The summed E-state index contributed by atoms with van der Waals surface area (Å²) in [5.74, 6) is 0.214. The molecule has 0 aliphatic heterocycles. The van der Waals surface area contributed by atoms with Gasteiger partial charge in [-0.25, -0.2) is 0 Å². The van der Waals surface area contributed by atoms with Crippen molar-refractivity contribution >= 4 is 5.91 Å². The molecule has 1 amide bonds. The predicted molar refractivity (Wildman–Crippen MR) is 69.9 cm³/mol. The fourth-order valence-corrected chi connectivity index (χ4v) is 2.89. The Balaban J connectivity index is 2.33. The first-order chi connectivity index (χ1) is 8.29. The fraction of sp³-hybridized carbons (Fsp3) is 0.533. The van der Waals surface area contributed by atoms with Crippen LogP contribution in [0.15, 0.2) is 30.3 Å². The molecule has 1 fully saturated rings. The molecule has 92 valence electrons. The van der Waals surface area contributed by atoms with Crippen molar-refractivity contribution in [1.29, 1.82) is 0 Å². The lowest BCUT2D eigenvalue weighted by atomic mass is 9.69. The van der Waals surface area contributed by atoms with Crippen LogP contribution in [-0.4, -0.2) is 12.5 Å². The van der Waals surface area contributed by atoms with Crippen LogP contribution in [-0.2, 0) is 10.2 Å². The summed E-state index contributed by atoms with van der Waals surface area (Å²) >= 11 is 0. The minimum Gasteiger partial charge on any atom is -0.356 e. The number of hydrogen-bond donors (Lipinski definition) is 1. The van der Waals surface area contributed by atoms with E-state index in [1.54, 1.807) is 0 Å². The first kappa shape index (κ1) is 12.2. The highest BCUT2D eigenvalue weighted by molar-refractivity contribution is 5.88. The molecule has 0 saturated heterocycles. The Morgan fingerprint density at radius 2 is 1.82 bits per heavy atom. The Morgan fingerprint density at radius 1 is 1.18 bits per heavy atom. The third-order valence-electron chi connectivity index (χ3n) is 3.81. The van der Waals surface area contributed by atoms with Gasteiger partial charge in [0.2, 0.25) is 5.91 Å². The minimum atomic E-state index is -0.268. The van der Waals surface area contributed by atoms with E-state index in [1.807, 2.05) is 25.1 Å². The number of hydrogen-bond acceptors (Lipinski definition) is 1. The van der Waals surface area contributed by atoms with Gasteiger partial charge in [0.15, 0.2) is 0 Å². The normalized spacial score (nSPS) is 18.6. The van der Waals surface area contributed by atoms with Crippen LogP contribution in [0, 0.1) is 0 Å². The van der Waals surface area contributed by atoms with Crippen LogP contribution in [0.25, 0.3) is 0 Å². The molecule has 1 aromatic carbocycles. The first-order valence-electron chi connectivity index (χ1n) is 6.63. The largest absolute Gasteiger partial charge is 0.356 e. The van der Waals surface area contributed by atoms with Crippen molar-refractivity contribution in [2.75, 3.05) is 6.54 Å². The standard InChI is InChI=1S/C15H21NO/c1-2-16-14(17)15(11-7-4-8-12-15)13-9-5-3-6-10-13/h3,5-6,9-10H,2,4,7-8,11-12H2,1H3,(H,16,17). The van der Waals surface area contributed by atoms with E-state index in [-0.39, 0.29) is 11.3 Å². The molecule has 2 rings (SSSR count). The van der Waals surface area contributed by atoms with Gasteiger partial charge in [-0.1, -0.05) is 49.6 Å². The molecule has 2 heteroatoms. The number of benzene rings is 1. The van der Waals surface area contributed by atoms with E-state index < -0.39 is 0 Å². The number of amides is 1. The van der Waals surface area contributed by atoms with Gasteiger partial charge in [-0.2, -0.15) is 0 Å². The molecule has 0 heterocycles. The average Bonchev–Trinajstić information content (AvgIpc) is 2.41. The van der Waals surface area contributed by atoms with E-state index in [1.165, 1.54) is 12.0 Å². The summed E-state index contributed by atoms with van der Waals surface area (Å²) in [5.41, 5.74) is 0.917. The van der Waals surface area contributed by atoms with Crippen molar-refractivity contribution in [2.45, 2.75) is 44.4 Å². The van der Waals surface area contributed by atoms with Gasteiger partial charge >= 0.3 is 0 Å². The number of carbonyl (C=O) groups excluding carboxylic acids is 1. The van der Waals surface area contributed by atoms with Crippen molar-refractivity contribution in [3.63, 3.8) is 0 Å². The topological polar surface area (TPSA) is 29.1 Å². The highest BCUT2D eigenvalue weighted by atomic mass is 16.2. The fourth-order valence-electron chi connectivity index (χ4n) is 2.89. The molecule has 0 bridgehead atoms. The zero-order valence-electron chi connectivity index (χ0n) is 10.5. The van der Waals surface area contributed by atoms with Crippen LogP contribution in [0.3, 0.4) is 0 Å². The number of nitrogens with one attached hydrogen (secondary N) is 1. The number of rotatable bonds is 3. The van der Waals surface area contributed by atoms with Crippen molar-refractivity contribution in [1.82, 2.24) is 5.32 Å². The molecule has 17 heavy (non-hydrogen) atoms. The SMILES string of the molecule is CCNC(=O)C1(c2ccccc2)CCCCC1. The van der Waals surface area contributed by atoms with E-state index in [2.05, 4.69) is 17.4 Å². The van der Waals surface area contributed by atoms with Crippen LogP contribution < -0.4 is 5.32 Å². The Morgan fingerprint density at radius 3 is 2.41 bits per heavy atom. The zero-order chi connectivity index (χ0) is 12.1. The molecule has 1 aliphatic rings. The van der Waals surface area contributed by atoms with Crippen LogP contribution in [0.2, 0.25) is 0 Å².